The van der Waals surface area contributed by atoms with Crippen molar-refractivity contribution in [1.82, 2.24) is 20.2 Å². The lowest BCUT2D eigenvalue weighted by Crippen LogP contribution is -1.96. The third-order valence-corrected chi connectivity index (χ3v) is 5.09. The van der Waals surface area contributed by atoms with Crippen molar-refractivity contribution in [3.05, 3.63) is 99.6 Å². The molecule has 4 aromatic rings. The van der Waals surface area contributed by atoms with Gasteiger partial charge in [-0.3, -0.25) is 5.10 Å². The number of rotatable bonds is 7. The average Bonchev–Trinajstić information content (AvgIpc) is 3.14. The summed E-state index contributed by atoms with van der Waals surface area (Å²) in [6.07, 6.45) is 3.68. The Labute approximate surface area is 185 Å². The number of nitrogens with one attached hydrogen (secondary N) is 1. The molecule has 0 saturated carbocycles. The first kappa shape index (κ1) is 20.6. The molecule has 7 heteroatoms. The number of H-pyrrole nitrogens is 1. The third kappa shape index (κ3) is 5.27. The van der Waals surface area contributed by atoms with Crippen LogP contribution in [-0.2, 0) is 19.3 Å². The zero-order valence-electron chi connectivity index (χ0n) is 17.0. The maximum atomic E-state index is 9.65. The van der Waals surface area contributed by atoms with Crippen LogP contribution in [0.3, 0.4) is 0 Å². The Hall–Kier alpha value is -3.69. The van der Waals surface area contributed by atoms with Gasteiger partial charge in [-0.25, -0.2) is 9.97 Å². The molecular formula is C24H20ClN5O. The Morgan fingerprint density at radius 3 is 2.65 bits per heavy atom. The summed E-state index contributed by atoms with van der Waals surface area (Å²) in [7, 11) is 0. The number of halogens is 1. The zero-order valence-corrected chi connectivity index (χ0v) is 17.7. The molecule has 0 saturated heterocycles. The molecule has 0 aliphatic rings. The molecule has 2 heterocycles. The number of nitrogens with zero attached hydrogens (tertiary/aromatic N) is 4. The van der Waals surface area contributed by atoms with Gasteiger partial charge in [0.2, 0.25) is 0 Å². The van der Waals surface area contributed by atoms with Crippen LogP contribution in [0.5, 0.6) is 11.8 Å². The Balaban J connectivity index is 1.40. The normalized spacial score (nSPS) is 10.6. The number of hydrogen-bond donors (Lipinski definition) is 1. The predicted octanol–water partition coefficient (Wildman–Crippen LogP) is 5.20. The summed E-state index contributed by atoms with van der Waals surface area (Å²) in [4.78, 5) is 8.35. The lowest BCUT2D eigenvalue weighted by atomic mass is 10.0. The van der Waals surface area contributed by atoms with E-state index in [1.165, 1.54) is 0 Å². The second kappa shape index (κ2) is 9.41. The van der Waals surface area contributed by atoms with E-state index in [0.29, 0.717) is 35.2 Å². The molecule has 2 aromatic carbocycles. The fourth-order valence-electron chi connectivity index (χ4n) is 3.28. The molecule has 0 atom stereocenters. The van der Waals surface area contributed by atoms with Gasteiger partial charge in [0.15, 0.2) is 0 Å². The van der Waals surface area contributed by atoms with E-state index in [2.05, 4.69) is 26.2 Å². The van der Waals surface area contributed by atoms with Crippen molar-refractivity contribution in [2.75, 3.05) is 0 Å². The Bertz CT molecular complexity index is 1230. The zero-order chi connectivity index (χ0) is 21.6. The first-order valence-corrected chi connectivity index (χ1v) is 10.3. The maximum absolute atomic E-state index is 9.65. The average molecular weight is 430 g/mol. The fraction of sp³-hybridized carbons (Fsp3) is 0.167. The van der Waals surface area contributed by atoms with Crippen LogP contribution in [0.25, 0.3) is 0 Å². The maximum Gasteiger partial charge on any atom is 0.322 e. The minimum Gasteiger partial charge on any atom is -0.424 e. The van der Waals surface area contributed by atoms with E-state index in [4.69, 9.17) is 16.3 Å². The van der Waals surface area contributed by atoms with E-state index in [1.807, 2.05) is 61.5 Å². The highest BCUT2D eigenvalue weighted by molar-refractivity contribution is 6.30. The lowest BCUT2D eigenvalue weighted by molar-refractivity contribution is 0.440. The van der Waals surface area contributed by atoms with E-state index >= 15 is 0 Å². The number of nitriles is 1. The number of ether oxygens (including phenoxy) is 1. The predicted molar refractivity (Wildman–Crippen MR) is 118 cm³/mol. The third-order valence-electron chi connectivity index (χ3n) is 4.85. The lowest BCUT2D eigenvalue weighted by Gasteiger charge is -2.05. The molecule has 0 amide bonds. The second-order valence-corrected chi connectivity index (χ2v) is 7.61. The van der Waals surface area contributed by atoms with Crippen LogP contribution in [0, 0.1) is 18.3 Å². The number of aryl methyl sites for hydroxylation is 3. The van der Waals surface area contributed by atoms with Gasteiger partial charge in [0.25, 0.3) is 0 Å². The summed E-state index contributed by atoms with van der Waals surface area (Å²) < 4.78 is 5.69. The topological polar surface area (TPSA) is 87.5 Å². The largest absolute Gasteiger partial charge is 0.424 e. The molecule has 0 radical (unpaired) electrons. The molecule has 4 rings (SSSR count). The molecule has 1 N–H and O–H groups in total. The van der Waals surface area contributed by atoms with Gasteiger partial charge >= 0.3 is 6.01 Å². The molecule has 31 heavy (non-hydrogen) atoms. The van der Waals surface area contributed by atoms with Crippen molar-refractivity contribution >= 4 is 11.6 Å². The quantitative estimate of drug-likeness (QED) is 0.436. The molecule has 2 aromatic heterocycles. The van der Waals surface area contributed by atoms with Gasteiger partial charge in [-0.15, -0.1) is 0 Å². The van der Waals surface area contributed by atoms with Crippen LogP contribution >= 0.6 is 11.6 Å². The van der Waals surface area contributed by atoms with Gasteiger partial charge in [0.05, 0.1) is 17.0 Å². The summed E-state index contributed by atoms with van der Waals surface area (Å²) in [5.41, 5.74) is 5.20. The summed E-state index contributed by atoms with van der Waals surface area (Å²) in [6, 6.07) is 19.8. The van der Waals surface area contributed by atoms with Gasteiger partial charge in [0, 0.05) is 23.3 Å². The molecule has 6 nitrogen and oxygen atoms in total. The Morgan fingerprint density at radius 2 is 1.90 bits per heavy atom. The molecule has 0 aliphatic carbocycles. The van der Waals surface area contributed by atoms with Gasteiger partial charge in [-0.2, -0.15) is 10.4 Å². The highest BCUT2D eigenvalue weighted by Gasteiger charge is 2.14. The molecule has 0 unspecified atom stereocenters. The highest BCUT2D eigenvalue weighted by atomic mass is 35.5. The SMILES string of the molecule is Cc1ccnc(Oc2ccc(CCc3n[nH]c(Cc4cccc(Cl)c4)c3C#N)cc2)n1. The van der Waals surface area contributed by atoms with E-state index in [1.54, 1.807) is 6.20 Å². The van der Waals surface area contributed by atoms with E-state index in [0.717, 1.165) is 34.6 Å². The summed E-state index contributed by atoms with van der Waals surface area (Å²) in [5.74, 6) is 0.677. The van der Waals surface area contributed by atoms with Gasteiger partial charge in [0.1, 0.15) is 11.8 Å². The van der Waals surface area contributed by atoms with Crippen LogP contribution in [-0.4, -0.2) is 20.2 Å². The van der Waals surface area contributed by atoms with Crippen molar-refractivity contribution in [3.63, 3.8) is 0 Å². The van der Waals surface area contributed by atoms with Crippen molar-refractivity contribution in [2.45, 2.75) is 26.2 Å². The standard InChI is InChI=1S/C24H20ClN5O/c1-16-11-12-27-24(28-16)31-20-8-5-17(6-9-20)7-10-22-21(15-26)23(30-29-22)14-18-3-2-4-19(25)13-18/h2-6,8-9,11-13H,7,10,14H2,1H3,(H,29,30). The van der Waals surface area contributed by atoms with Crippen LogP contribution < -0.4 is 4.74 Å². The molecule has 0 fully saturated rings. The van der Waals surface area contributed by atoms with Crippen LogP contribution in [0.4, 0.5) is 0 Å². The van der Waals surface area contributed by atoms with Crippen LogP contribution in [0.1, 0.15) is 33.8 Å². The summed E-state index contributed by atoms with van der Waals surface area (Å²) in [6.45, 7) is 1.89. The number of aromatic nitrogens is 4. The van der Waals surface area contributed by atoms with Gasteiger partial charge in [-0.05, 0) is 61.2 Å². The number of aromatic amines is 1. The van der Waals surface area contributed by atoms with Crippen molar-refractivity contribution in [3.8, 4) is 17.8 Å². The molecule has 154 valence electrons. The highest BCUT2D eigenvalue weighted by Crippen LogP contribution is 2.21. The first-order chi connectivity index (χ1) is 15.1. The monoisotopic (exact) mass is 429 g/mol. The number of benzene rings is 2. The minimum atomic E-state index is 0.329. The van der Waals surface area contributed by atoms with Gasteiger partial charge in [-0.1, -0.05) is 35.9 Å². The second-order valence-electron chi connectivity index (χ2n) is 7.17. The molecule has 0 bridgehead atoms. The Kier molecular flexibility index (Phi) is 6.25. The first-order valence-electron chi connectivity index (χ1n) is 9.88. The summed E-state index contributed by atoms with van der Waals surface area (Å²) >= 11 is 6.06. The fourth-order valence-corrected chi connectivity index (χ4v) is 3.49. The van der Waals surface area contributed by atoms with Gasteiger partial charge < -0.3 is 4.74 Å². The van der Waals surface area contributed by atoms with E-state index < -0.39 is 0 Å². The smallest absolute Gasteiger partial charge is 0.322 e. The molecular weight excluding hydrogens is 410 g/mol. The molecule has 0 spiro atoms. The Morgan fingerprint density at radius 1 is 1.06 bits per heavy atom. The van der Waals surface area contributed by atoms with Crippen LogP contribution in [0.2, 0.25) is 5.02 Å². The summed E-state index contributed by atoms with van der Waals surface area (Å²) in [5, 5.41) is 17.7. The van der Waals surface area contributed by atoms with Crippen molar-refractivity contribution in [2.24, 2.45) is 0 Å². The minimum absolute atomic E-state index is 0.329. The van der Waals surface area contributed by atoms with E-state index in [-0.39, 0.29) is 0 Å². The number of hydrogen-bond acceptors (Lipinski definition) is 5. The molecule has 0 aliphatic heterocycles. The van der Waals surface area contributed by atoms with E-state index in [9.17, 15) is 5.26 Å². The van der Waals surface area contributed by atoms with Crippen molar-refractivity contribution < 1.29 is 4.74 Å². The van der Waals surface area contributed by atoms with Crippen molar-refractivity contribution in [1.29, 1.82) is 5.26 Å². The van der Waals surface area contributed by atoms with Crippen LogP contribution in [0.15, 0.2) is 60.8 Å².